The molecule has 0 unspecified atom stereocenters. The predicted octanol–water partition coefficient (Wildman–Crippen LogP) is 2.42. The van der Waals surface area contributed by atoms with Gasteiger partial charge in [-0.3, -0.25) is 9.89 Å². The molecule has 0 saturated carbocycles. The van der Waals surface area contributed by atoms with E-state index in [1.165, 1.54) is 27.8 Å². The second-order valence-corrected chi connectivity index (χ2v) is 9.41. The fraction of sp³-hybridized carbons (Fsp3) is 0.222. The number of thiophene rings is 1. The quantitative estimate of drug-likeness (QED) is 0.702. The van der Waals surface area contributed by atoms with Crippen molar-refractivity contribution in [3.8, 4) is 11.3 Å². The highest BCUT2D eigenvalue weighted by Gasteiger charge is 2.31. The van der Waals surface area contributed by atoms with Crippen LogP contribution in [0.1, 0.15) is 10.5 Å². The first-order valence-corrected chi connectivity index (χ1v) is 10.9. The third-order valence-electron chi connectivity index (χ3n) is 4.56. The van der Waals surface area contributed by atoms with Gasteiger partial charge >= 0.3 is 0 Å². The second-order valence-electron chi connectivity index (χ2n) is 6.30. The number of halogens is 1. The van der Waals surface area contributed by atoms with E-state index < -0.39 is 10.0 Å². The smallest absolute Gasteiger partial charge is 0.271 e. The maximum absolute atomic E-state index is 13.0. The van der Waals surface area contributed by atoms with Crippen molar-refractivity contribution in [2.24, 2.45) is 0 Å². The molecule has 1 aliphatic heterocycles. The lowest BCUT2D eigenvalue weighted by atomic mass is 10.1. The van der Waals surface area contributed by atoms with Crippen LogP contribution in [-0.2, 0) is 10.0 Å². The Labute approximate surface area is 165 Å². The zero-order valence-electron chi connectivity index (χ0n) is 14.7. The maximum atomic E-state index is 13.0. The number of aromatic amines is 1. The summed E-state index contributed by atoms with van der Waals surface area (Å²) in [4.78, 5) is 14.3. The molecule has 146 valence electrons. The third-order valence-corrected chi connectivity index (χ3v) is 7.84. The highest BCUT2D eigenvalue weighted by Crippen LogP contribution is 2.23. The van der Waals surface area contributed by atoms with Gasteiger partial charge in [0.25, 0.3) is 15.9 Å². The van der Waals surface area contributed by atoms with Crippen molar-refractivity contribution in [2.75, 3.05) is 26.2 Å². The number of H-pyrrole nitrogens is 1. The molecule has 4 rings (SSSR count). The fourth-order valence-electron chi connectivity index (χ4n) is 3.04. The van der Waals surface area contributed by atoms with Gasteiger partial charge in [-0.2, -0.15) is 9.40 Å². The van der Waals surface area contributed by atoms with E-state index >= 15 is 0 Å². The summed E-state index contributed by atoms with van der Waals surface area (Å²) >= 11 is 1.18. The van der Waals surface area contributed by atoms with E-state index in [1.54, 1.807) is 40.6 Å². The lowest BCUT2D eigenvalue weighted by molar-refractivity contribution is 0.0692. The van der Waals surface area contributed by atoms with Crippen molar-refractivity contribution in [2.45, 2.75) is 4.21 Å². The molecule has 3 heterocycles. The van der Waals surface area contributed by atoms with Gasteiger partial charge in [-0.05, 0) is 41.8 Å². The highest BCUT2D eigenvalue weighted by molar-refractivity contribution is 7.91. The number of carbonyl (C=O) groups is 1. The van der Waals surface area contributed by atoms with Gasteiger partial charge in [0.15, 0.2) is 0 Å². The first-order chi connectivity index (χ1) is 13.4. The Kier molecular flexibility index (Phi) is 5.00. The zero-order valence-corrected chi connectivity index (χ0v) is 16.3. The van der Waals surface area contributed by atoms with Crippen LogP contribution in [0.2, 0.25) is 0 Å². The Bertz CT molecular complexity index is 1070. The SMILES string of the molecule is O=C(c1cc(-c2ccc(F)cc2)n[nH]1)N1CCN(S(=O)(=O)c2cccs2)CC1. The molecule has 1 fully saturated rings. The molecular weight excluding hydrogens is 403 g/mol. The molecule has 0 aliphatic carbocycles. The van der Waals surface area contributed by atoms with E-state index in [0.717, 1.165) is 0 Å². The van der Waals surface area contributed by atoms with E-state index in [-0.39, 0.29) is 24.8 Å². The van der Waals surface area contributed by atoms with Crippen molar-refractivity contribution < 1.29 is 17.6 Å². The van der Waals surface area contributed by atoms with Crippen LogP contribution in [0.4, 0.5) is 4.39 Å². The fourth-order valence-corrected chi connectivity index (χ4v) is 5.61. The standard InChI is InChI=1S/C18H17FN4O3S2/c19-14-5-3-13(4-6-14)15-12-16(21-20-15)18(24)22-7-9-23(10-8-22)28(25,26)17-2-1-11-27-17/h1-6,11-12H,7-10H2,(H,20,21). The third kappa shape index (κ3) is 3.58. The van der Waals surface area contributed by atoms with Crippen LogP contribution >= 0.6 is 11.3 Å². The summed E-state index contributed by atoms with van der Waals surface area (Å²) in [7, 11) is -3.50. The lowest BCUT2D eigenvalue weighted by Gasteiger charge is -2.33. The molecule has 2 aromatic heterocycles. The van der Waals surface area contributed by atoms with Gasteiger partial charge in [0, 0.05) is 31.7 Å². The summed E-state index contributed by atoms with van der Waals surface area (Å²) in [5, 5.41) is 8.56. The molecule has 1 aromatic carbocycles. The number of aromatic nitrogens is 2. The number of amides is 1. The summed E-state index contributed by atoms with van der Waals surface area (Å²) < 4.78 is 39.9. The normalized spacial score (nSPS) is 15.7. The number of piperazine rings is 1. The zero-order chi connectivity index (χ0) is 19.7. The van der Waals surface area contributed by atoms with E-state index in [4.69, 9.17) is 0 Å². The van der Waals surface area contributed by atoms with Crippen LogP contribution in [0.15, 0.2) is 52.1 Å². The van der Waals surface area contributed by atoms with E-state index in [0.29, 0.717) is 34.2 Å². The molecule has 1 amide bonds. The molecule has 3 aromatic rings. The average molecular weight is 420 g/mol. The summed E-state index contributed by atoms with van der Waals surface area (Å²) in [5.74, 6) is -0.583. The maximum Gasteiger partial charge on any atom is 0.271 e. The summed E-state index contributed by atoms with van der Waals surface area (Å²) in [5.41, 5.74) is 1.56. The van der Waals surface area contributed by atoms with Gasteiger partial charge in [0.1, 0.15) is 15.7 Å². The minimum Gasteiger partial charge on any atom is -0.335 e. The minimum absolute atomic E-state index is 0.241. The predicted molar refractivity (Wildman–Crippen MR) is 103 cm³/mol. The molecule has 0 spiro atoms. The van der Waals surface area contributed by atoms with Crippen LogP contribution in [0.25, 0.3) is 11.3 Å². The van der Waals surface area contributed by atoms with Gasteiger partial charge < -0.3 is 4.90 Å². The van der Waals surface area contributed by atoms with Gasteiger partial charge in [0.05, 0.1) is 5.69 Å². The van der Waals surface area contributed by atoms with Gasteiger partial charge in [0.2, 0.25) is 0 Å². The van der Waals surface area contributed by atoms with Crippen molar-refractivity contribution >= 4 is 27.3 Å². The monoisotopic (exact) mass is 420 g/mol. The van der Waals surface area contributed by atoms with Crippen molar-refractivity contribution in [1.82, 2.24) is 19.4 Å². The topological polar surface area (TPSA) is 86.4 Å². The molecule has 10 heteroatoms. The van der Waals surface area contributed by atoms with Crippen molar-refractivity contribution in [3.63, 3.8) is 0 Å². The number of rotatable bonds is 4. The average Bonchev–Trinajstić information content (AvgIpc) is 3.41. The minimum atomic E-state index is -3.50. The Morgan fingerprint density at radius 1 is 1.11 bits per heavy atom. The summed E-state index contributed by atoms with van der Waals surface area (Å²) in [6.07, 6.45) is 0. The molecule has 0 radical (unpaired) electrons. The summed E-state index contributed by atoms with van der Waals surface area (Å²) in [6, 6.07) is 10.7. The number of carbonyl (C=O) groups excluding carboxylic acids is 1. The highest BCUT2D eigenvalue weighted by atomic mass is 32.2. The Hall–Kier alpha value is -2.56. The molecule has 1 saturated heterocycles. The van der Waals surface area contributed by atoms with Crippen LogP contribution in [-0.4, -0.2) is 59.9 Å². The number of benzene rings is 1. The Balaban J connectivity index is 1.43. The van der Waals surface area contributed by atoms with E-state index in [1.807, 2.05) is 0 Å². The number of nitrogens with zero attached hydrogens (tertiary/aromatic N) is 3. The van der Waals surface area contributed by atoms with Crippen LogP contribution < -0.4 is 0 Å². The Morgan fingerprint density at radius 2 is 1.82 bits per heavy atom. The molecule has 28 heavy (non-hydrogen) atoms. The van der Waals surface area contributed by atoms with Crippen LogP contribution in [0.5, 0.6) is 0 Å². The number of hydrogen-bond acceptors (Lipinski definition) is 5. The van der Waals surface area contributed by atoms with E-state index in [9.17, 15) is 17.6 Å². The van der Waals surface area contributed by atoms with Crippen LogP contribution in [0.3, 0.4) is 0 Å². The second kappa shape index (κ2) is 7.46. The van der Waals surface area contributed by atoms with Crippen molar-refractivity contribution in [1.29, 1.82) is 0 Å². The first kappa shape index (κ1) is 18.8. The number of sulfonamides is 1. The largest absolute Gasteiger partial charge is 0.335 e. The molecule has 0 atom stereocenters. The molecular formula is C18H17FN4O3S2. The molecule has 1 N–H and O–H groups in total. The lowest BCUT2D eigenvalue weighted by Crippen LogP contribution is -2.50. The number of hydrogen-bond donors (Lipinski definition) is 1. The van der Waals surface area contributed by atoms with Crippen LogP contribution in [0, 0.1) is 5.82 Å². The van der Waals surface area contributed by atoms with E-state index in [2.05, 4.69) is 10.2 Å². The molecule has 0 bridgehead atoms. The molecule has 1 aliphatic rings. The van der Waals surface area contributed by atoms with Crippen molar-refractivity contribution in [3.05, 3.63) is 59.4 Å². The number of nitrogens with one attached hydrogen (secondary N) is 1. The van der Waals surface area contributed by atoms with Gasteiger partial charge in [-0.1, -0.05) is 6.07 Å². The van der Waals surface area contributed by atoms with Gasteiger partial charge in [-0.15, -0.1) is 11.3 Å². The molecule has 7 nitrogen and oxygen atoms in total. The summed E-state index contributed by atoms with van der Waals surface area (Å²) in [6.45, 7) is 1.08. The van der Waals surface area contributed by atoms with Gasteiger partial charge in [-0.25, -0.2) is 12.8 Å². The first-order valence-electron chi connectivity index (χ1n) is 8.59. The Morgan fingerprint density at radius 3 is 2.46 bits per heavy atom.